The molecule has 1 aliphatic heterocycles. The molecular weight excluding hydrogens is 292 g/mol. The first-order chi connectivity index (χ1) is 11.2. The van der Waals surface area contributed by atoms with Crippen molar-refractivity contribution in [3.63, 3.8) is 0 Å². The van der Waals surface area contributed by atoms with Crippen LogP contribution in [0.4, 0.5) is 0 Å². The molecule has 1 aromatic heterocycles. The Kier molecular flexibility index (Phi) is 3.15. The lowest BCUT2D eigenvalue weighted by Gasteiger charge is -2.02. The maximum Gasteiger partial charge on any atom is 0.336 e. The second-order valence-corrected chi connectivity index (χ2v) is 5.47. The number of rotatable bonds is 2. The summed E-state index contributed by atoms with van der Waals surface area (Å²) in [5.41, 5.74) is 3.10. The number of ether oxygens (including phenoxy) is 2. The molecule has 0 spiro atoms. The average molecular weight is 306 g/mol. The highest BCUT2D eigenvalue weighted by atomic mass is 16.7. The normalized spacial score (nSPS) is 13.1. The van der Waals surface area contributed by atoms with E-state index in [9.17, 15) is 4.79 Å². The van der Waals surface area contributed by atoms with E-state index in [1.165, 1.54) is 6.07 Å². The fourth-order valence-electron chi connectivity index (χ4n) is 2.64. The summed E-state index contributed by atoms with van der Waals surface area (Å²) in [6.07, 6.45) is 3.85. The Hall–Kier alpha value is -3.01. The van der Waals surface area contributed by atoms with Gasteiger partial charge in [-0.3, -0.25) is 0 Å². The molecular formula is C19H14O4. The molecule has 0 fully saturated rings. The predicted octanol–water partition coefficient (Wildman–Crippen LogP) is 4.00. The molecule has 114 valence electrons. The predicted molar refractivity (Wildman–Crippen MR) is 88.7 cm³/mol. The first kappa shape index (κ1) is 13.6. The van der Waals surface area contributed by atoms with Gasteiger partial charge in [0.15, 0.2) is 11.5 Å². The van der Waals surface area contributed by atoms with Crippen LogP contribution in [-0.4, -0.2) is 6.79 Å². The van der Waals surface area contributed by atoms with Crippen LogP contribution in [0.15, 0.2) is 51.7 Å². The van der Waals surface area contributed by atoms with Crippen LogP contribution in [0.3, 0.4) is 0 Å². The summed E-state index contributed by atoms with van der Waals surface area (Å²) in [7, 11) is 0. The van der Waals surface area contributed by atoms with E-state index in [0.717, 1.165) is 33.6 Å². The molecule has 4 heteroatoms. The highest BCUT2D eigenvalue weighted by Crippen LogP contribution is 2.33. The number of hydrogen-bond acceptors (Lipinski definition) is 4. The second kappa shape index (κ2) is 5.32. The Labute approximate surface area is 132 Å². The van der Waals surface area contributed by atoms with E-state index in [1.54, 1.807) is 0 Å². The quantitative estimate of drug-likeness (QED) is 0.671. The van der Waals surface area contributed by atoms with Gasteiger partial charge in [-0.25, -0.2) is 4.79 Å². The number of hydrogen-bond donors (Lipinski definition) is 0. The molecule has 0 aliphatic carbocycles. The second-order valence-electron chi connectivity index (χ2n) is 5.47. The Bertz CT molecular complexity index is 982. The van der Waals surface area contributed by atoms with Crippen LogP contribution in [-0.2, 0) is 0 Å². The van der Waals surface area contributed by atoms with Crippen LogP contribution >= 0.6 is 0 Å². The van der Waals surface area contributed by atoms with Crippen LogP contribution in [0.25, 0.3) is 23.1 Å². The molecule has 23 heavy (non-hydrogen) atoms. The van der Waals surface area contributed by atoms with E-state index in [-0.39, 0.29) is 12.4 Å². The van der Waals surface area contributed by atoms with E-state index in [4.69, 9.17) is 13.9 Å². The average Bonchev–Trinajstić information content (AvgIpc) is 2.99. The molecule has 4 rings (SSSR count). The summed E-state index contributed by atoms with van der Waals surface area (Å²) < 4.78 is 15.9. The third kappa shape index (κ3) is 2.59. The minimum atomic E-state index is -0.353. The third-order valence-electron chi connectivity index (χ3n) is 3.78. The fraction of sp³-hybridized carbons (Fsp3) is 0.105. The highest BCUT2D eigenvalue weighted by molar-refractivity contribution is 5.89. The van der Waals surface area contributed by atoms with Crippen molar-refractivity contribution in [2.75, 3.05) is 6.79 Å². The number of fused-ring (bicyclic) bond motifs is 2. The summed E-state index contributed by atoms with van der Waals surface area (Å²) in [5.74, 6) is 1.49. The van der Waals surface area contributed by atoms with E-state index in [1.807, 2.05) is 55.5 Å². The number of aryl methyl sites for hydroxylation is 1. The van der Waals surface area contributed by atoms with Gasteiger partial charge < -0.3 is 13.9 Å². The lowest BCUT2D eigenvalue weighted by atomic mass is 10.1. The molecule has 0 bridgehead atoms. The molecule has 1 aliphatic rings. The van der Waals surface area contributed by atoms with Crippen molar-refractivity contribution in [1.29, 1.82) is 0 Å². The summed E-state index contributed by atoms with van der Waals surface area (Å²) in [5, 5.41) is 0.909. The van der Waals surface area contributed by atoms with Crippen LogP contribution in [0.2, 0.25) is 0 Å². The molecule has 2 heterocycles. The van der Waals surface area contributed by atoms with Gasteiger partial charge in [-0.1, -0.05) is 30.4 Å². The lowest BCUT2D eigenvalue weighted by Crippen LogP contribution is -1.97. The van der Waals surface area contributed by atoms with Crippen molar-refractivity contribution in [2.24, 2.45) is 0 Å². The summed E-state index contributed by atoms with van der Waals surface area (Å²) in [4.78, 5) is 11.7. The first-order valence-electron chi connectivity index (χ1n) is 7.31. The van der Waals surface area contributed by atoms with E-state index in [0.29, 0.717) is 5.58 Å². The monoisotopic (exact) mass is 306 g/mol. The van der Waals surface area contributed by atoms with Crippen LogP contribution in [0.1, 0.15) is 16.7 Å². The van der Waals surface area contributed by atoms with Crippen LogP contribution in [0.5, 0.6) is 11.5 Å². The standard InChI is InChI=1S/C19H14O4/c1-12-2-6-15-14(10-19(20)23-17(15)8-12)5-3-13-4-7-16-18(9-13)22-11-21-16/h2-10H,11H2,1H3/b5-3+. The van der Waals surface area contributed by atoms with Gasteiger partial charge in [0, 0.05) is 11.5 Å². The Morgan fingerprint density at radius 1 is 0.957 bits per heavy atom. The maximum absolute atomic E-state index is 11.7. The molecule has 0 unspecified atom stereocenters. The van der Waals surface area contributed by atoms with Gasteiger partial charge in [-0.2, -0.15) is 0 Å². The largest absolute Gasteiger partial charge is 0.454 e. The SMILES string of the molecule is Cc1ccc2c(/C=C/c3ccc4c(c3)OCO4)cc(=O)oc2c1. The van der Waals surface area contributed by atoms with Crippen molar-refractivity contribution in [3.05, 3.63) is 69.6 Å². The minimum absolute atomic E-state index is 0.256. The third-order valence-corrected chi connectivity index (χ3v) is 3.78. The van der Waals surface area contributed by atoms with Gasteiger partial charge in [0.1, 0.15) is 5.58 Å². The molecule has 0 amide bonds. The molecule has 0 saturated heterocycles. The van der Waals surface area contributed by atoms with E-state index >= 15 is 0 Å². The van der Waals surface area contributed by atoms with Crippen molar-refractivity contribution in [2.45, 2.75) is 6.92 Å². The van der Waals surface area contributed by atoms with Crippen molar-refractivity contribution in [1.82, 2.24) is 0 Å². The van der Waals surface area contributed by atoms with Crippen LogP contribution in [0, 0.1) is 6.92 Å². The topological polar surface area (TPSA) is 48.7 Å². The Morgan fingerprint density at radius 2 is 1.83 bits per heavy atom. The zero-order valence-electron chi connectivity index (χ0n) is 12.5. The molecule has 0 radical (unpaired) electrons. The summed E-state index contributed by atoms with van der Waals surface area (Å²) in [6, 6.07) is 13.1. The van der Waals surface area contributed by atoms with Gasteiger partial charge in [0.2, 0.25) is 6.79 Å². The van der Waals surface area contributed by atoms with Crippen molar-refractivity contribution < 1.29 is 13.9 Å². The molecule has 3 aromatic rings. The fourth-order valence-corrected chi connectivity index (χ4v) is 2.64. The molecule has 0 saturated carbocycles. The minimum Gasteiger partial charge on any atom is -0.454 e. The molecule has 2 aromatic carbocycles. The maximum atomic E-state index is 11.7. The molecule has 0 N–H and O–H groups in total. The van der Waals surface area contributed by atoms with E-state index in [2.05, 4.69) is 0 Å². The highest BCUT2D eigenvalue weighted by Gasteiger charge is 2.12. The smallest absolute Gasteiger partial charge is 0.336 e. The van der Waals surface area contributed by atoms with Crippen LogP contribution < -0.4 is 15.1 Å². The first-order valence-corrected chi connectivity index (χ1v) is 7.31. The van der Waals surface area contributed by atoms with Gasteiger partial charge in [0.25, 0.3) is 0 Å². The zero-order valence-corrected chi connectivity index (χ0v) is 12.5. The Morgan fingerprint density at radius 3 is 2.74 bits per heavy atom. The lowest BCUT2D eigenvalue weighted by molar-refractivity contribution is 0.174. The van der Waals surface area contributed by atoms with Gasteiger partial charge in [-0.05, 0) is 41.8 Å². The zero-order chi connectivity index (χ0) is 15.8. The summed E-state index contributed by atoms with van der Waals surface area (Å²) in [6.45, 7) is 2.22. The number of benzene rings is 2. The van der Waals surface area contributed by atoms with Gasteiger partial charge >= 0.3 is 5.63 Å². The van der Waals surface area contributed by atoms with E-state index < -0.39 is 0 Å². The van der Waals surface area contributed by atoms with Crippen molar-refractivity contribution >= 4 is 23.1 Å². The molecule has 0 atom stereocenters. The summed E-state index contributed by atoms with van der Waals surface area (Å²) >= 11 is 0. The Balaban J connectivity index is 1.76. The van der Waals surface area contributed by atoms with Gasteiger partial charge in [0.05, 0.1) is 0 Å². The van der Waals surface area contributed by atoms with Crippen molar-refractivity contribution in [3.8, 4) is 11.5 Å². The van der Waals surface area contributed by atoms with Gasteiger partial charge in [-0.15, -0.1) is 0 Å². The molecule has 4 nitrogen and oxygen atoms in total.